The average molecular weight is 393 g/mol. The fraction of sp³-hybridized carbons (Fsp3) is 0.263. The summed E-state index contributed by atoms with van der Waals surface area (Å²) in [6.45, 7) is 2.90. The van der Waals surface area contributed by atoms with Gasteiger partial charge in [-0.05, 0) is 49.2 Å². The van der Waals surface area contributed by atoms with Crippen molar-refractivity contribution in [3.05, 3.63) is 47.5 Å². The minimum Gasteiger partial charge on any atom is -0.482 e. The number of carbonyl (C=O) groups is 2. The summed E-state index contributed by atoms with van der Waals surface area (Å²) < 4.78 is 44.7. The van der Waals surface area contributed by atoms with E-state index in [4.69, 9.17) is 9.47 Å². The van der Waals surface area contributed by atoms with E-state index in [9.17, 15) is 18.4 Å². The van der Waals surface area contributed by atoms with Gasteiger partial charge in [0, 0.05) is 11.8 Å². The van der Waals surface area contributed by atoms with Crippen LogP contribution in [0.5, 0.6) is 17.2 Å². The zero-order valence-corrected chi connectivity index (χ0v) is 15.1. The molecule has 2 aromatic carbocycles. The van der Waals surface area contributed by atoms with E-state index >= 15 is 0 Å². The van der Waals surface area contributed by atoms with E-state index in [-0.39, 0.29) is 23.8 Å². The van der Waals surface area contributed by atoms with E-state index in [0.717, 1.165) is 11.1 Å². The van der Waals surface area contributed by atoms with Gasteiger partial charge in [-0.1, -0.05) is 6.07 Å². The molecule has 7 nitrogen and oxygen atoms in total. The Morgan fingerprint density at radius 1 is 1.00 bits per heavy atom. The van der Waals surface area contributed by atoms with E-state index in [1.807, 2.05) is 19.9 Å². The largest absolute Gasteiger partial charge is 0.586 e. The number of aryl methyl sites for hydroxylation is 2. The Balaban J connectivity index is 1.45. The minimum atomic E-state index is -3.74. The van der Waals surface area contributed by atoms with Crippen LogP contribution in [-0.4, -0.2) is 31.4 Å². The molecule has 148 valence electrons. The van der Waals surface area contributed by atoms with Crippen molar-refractivity contribution in [3.63, 3.8) is 0 Å². The fourth-order valence-corrected chi connectivity index (χ4v) is 2.57. The van der Waals surface area contributed by atoms with Gasteiger partial charge in [0.25, 0.3) is 5.91 Å². The number of hydrogen-bond acceptors (Lipinski definition) is 6. The predicted molar refractivity (Wildman–Crippen MR) is 93.6 cm³/mol. The maximum absolute atomic E-state index is 13.0. The number of esters is 1. The number of hydrogen-bond donors (Lipinski definition) is 1. The summed E-state index contributed by atoms with van der Waals surface area (Å²) in [5, 5.41) is 2.41. The number of benzene rings is 2. The van der Waals surface area contributed by atoms with Crippen molar-refractivity contribution in [2.24, 2.45) is 0 Å². The summed E-state index contributed by atoms with van der Waals surface area (Å²) in [4.78, 5) is 23.6. The van der Waals surface area contributed by atoms with Crippen molar-refractivity contribution >= 4 is 17.6 Å². The van der Waals surface area contributed by atoms with Crippen molar-refractivity contribution in [1.82, 2.24) is 0 Å². The Labute approximate surface area is 159 Å². The first-order valence-electron chi connectivity index (χ1n) is 8.27. The molecule has 1 aliphatic heterocycles. The second-order valence-electron chi connectivity index (χ2n) is 6.15. The Morgan fingerprint density at radius 3 is 2.39 bits per heavy atom. The summed E-state index contributed by atoms with van der Waals surface area (Å²) in [7, 11) is 0. The molecule has 3 rings (SSSR count). The summed E-state index contributed by atoms with van der Waals surface area (Å²) in [5.41, 5.74) is 2.17. The lowest BCUT2D eigenvalue weighted by Gasteiger charge is -2.09. The molecule has 0 fully saturated rings. The number of anilines is 1. The van der Waals surface area contributed by atoms with Crippen LogP contribution in [0.4, 0.5) is 14.5 Å². The maximum Gasteiger partial charge on any atom is 0.586 e. The molecule has 0 aliphatic carbocycles. The van der Waals surface area contributed by atoms with Gasteiger partial charge in [0.05, 0.1) is 0 Å². The van der Waals surface area contributed by atoms with Crippen LogP contribution in [0.1, 0.15) is 11.1 Å². The van der Waals surface area contributed by atoms with Gasteiger partial charge in [-0.15, -0.1) is 8.78 Å². The smallest absolute Gasteiger partial charge is 0.482 e. The molecule has 9 heteroatoms. The van der Waals surface area contributed by atoms with Gasteiger partial charge in [0.15, 0.2) is 24.7 Å². The molecule has 1 heterocycles. The van der Waals surface area contributed by atoms with Gasteiger partial charge in [0.1, 0.15) is 5.75 Å². The van der Waals surface area contributed by atoms with E-state index < -0.39 is 24.8 Å². The zero-order valence-electron chi connectivity index (χ0n) is 15.1. The lowest BCUT2D eigenvalue weighted by molar-refractivity contribution is -0.286. The Hall–Kier alpha value is -3.36. The highest BCUT2D eigenvalue weighted by atomic mass is 19.3. The molecule has 0 unspecified atom stereocenters. The molecule has 1 amide bonds. The number of amides is 1. The van der Waals surface area contributed by atoms with Crippen LogP contribution in [0.25, 0.3) is 0 Å². The van der Waals surface area contributed by atoms with E-state index in [2.05, 4.69) is 14.8 Å². The number of carbonyl (C=O) groups excluding carboxylic acids is 2. The number of halogens is 2. The standard InChI is InChI=1S/C19H17F2NO6/c1-11-5-12(2)7-14(6-11)25-10-18(24)26-9-17(23)22-13-3-4-15-16(8-13)28-19(20,21)27-15/h3-8H,9-10H2,1-2H3,(H,22,23). The summed E-state index contributed by atoms with van der Waals surface area (Å²) in [6.07, 6.45) is -3.74. The normalized spacial score (nSPS) is 13.7. The highest BCUT2D eigenvalue weighted by Crippen LogP contribution is 2.42. The van der Waals surface area contributed by atoms with Crippen LogP contribution >= 0.6 is 0 Å². The molecule has 2 aromatic rings. The second kappa shape index (κ2) is 7.71. The lowest BCUT2D eigenvalue weighted by Crippen LogP contribution is -2.26. The number of ether oxygens (including phenoxy) is 4. The lowest BCUT2D eigenvalue weighted by atomic mass is 10.1. The Kier molecular flexibility index (Phi) is 5.34. The quantitative estimate of drug-likeness (QED) is 0.759. The molecule has 0 saturated heterocycles. The van der Waals surface area contributed by atoms with E-state index in [1.54, 1.807) is 12.1 Å². The van der Waals surface area contributed by atoms with Crippen LogP contribution in [0.3, 0.4) is 0 Å². The highest BCUT2D eigenvalue weighted by Gasteiger charge is 2.43. The molecule has 0 radical (unpaired) electrons. The third-order valence-corrected chi connectivity index (χ3v) is 3.60. The SMILES string of the molecule is Cc1cc(C)cc(OCC(=O)OCC(=O)Nc2ccc3c(c2)OC(F)(F)O3)c1. The van der Waals surface area contributed by atoms with Crippen molar-refractivity contribution < 1.29 is 37.3 Å². The first-order valence-corrected chi connectivity index (χ1v) is 8.27. The molecular weight excluding hydrogens is 376 g/mol. The number of alkyl halides is 2. The van der Waals surface area contributed by atoms with Gasteiger partial charge < -0.3 is 24.3 Å². The van der Waals surface area contributed by atoms with Gasteiger partial charge >= 0.3 is 12.3 Å². The molecule has 0 saturated carbocycles. The topological polar surface area (TPSA) is 83.1 Å². The monoisotopic (exact) mass is 393 g/mol. The first kappa shape index (κ1) is 19.4. The predicted octanol–water partition coefficient (Wildman–Crippen LogP) is 3.19. The maximum atomic E-state index is 13.0. The van der Waals surface area contributed by atoms with Gasteiger partial charge in [-0.25, -0.2) is 4.79 Å². The zero-order chi connectivity index (χ0) is 20.3. The highest BCUT2D eigenvalue weighted by molar-refractivity contribution is 5.93. The summed E-state index contributed by atoms with van der Waals surface area (Å²) >= 11 is 0. The van der Waals surface area contributed by atoms with Crippen molar-refractivity contribution in [2.75, 3.05) is 18.5 Å². The molecule has 1 N–H and O–H groups in total. The van der Waals surface area contributed by atoms with Crippen molar-refractivity contribution in [2.45, 2.75) is 20.1 Å². The summed E-state index contributed by atoms with van der Waals surface area (Å²) in [5.74, 6) is -1.19. The van der Waals surface area contributed by atoms with Gasteiger partial charge in [0.2, 0.25) is 0 Å². The average Bonchev–Trinajstić information content (AvgIpc) is 2.90. The van der Waals surface area contributed by atoms with E-state index in [0.29, 0.717) is 5.75 Å². The van der Waals surface area contributed by atoms with Crippen LogP contribution in [0.15, 0.2) is 36.4 Å². The van der Waals surface area contributed by atoms with Gasteiger partial charge in [-0.2, -0.15) is 0 Å². The molecule has 1 aliphatic rings. The third kappa shape index (κ3) is 5.09. The van der Waals surface area contributed by atoms with Crippen LogP contribution in [0, 0.1) is 13.8 Å². The van der Waals surface area contributed by atoms with Crippen LogP contribution in [-0.2, 0) is 14.3 Å². The molecular formula is C19H17F2NO6. The molecule has 28 heavy (non-hydrogen) atoms. The fourth-order valence-electron chi connectivity index (χ4n) is 2.57. The molecule has 0 atom stereocenters. The number of fused-ring (bicyclic) bond motifs is 1. The van der Waals surface area contributed by atoms with Gasteiger partial charge in [-0.3, -0.25) is 4.79 Å². The summed E-state index contributed by atoms with van der Waals surface area (Å²) in [6, 6.07) is 9.28. The van der Waals surface area contributed by atoms with E-state index in [1.165, 1.54) is 18.2 Å². The molecule has 0 spiro atoms. The third-order valence-electron chi connectivity index (χ3n) is 3.60. The Bertz CT molecular complexity index is 895. The van der Waals surface area contributed by atoms with Crippen LogP contribution in [0.2, 0.25) is 0 Å². The Morgan fingerprint density at radius 2 is 1.68 bits per heavy atom. The second-order valence-corrected chi connectivity index (χ2v) is 6.15. The number of rotatable bonds is 6. The first-order chi connectivity index (χ1) is 13.2. The minimum absolute atomic E-state index is 0.141. The van der Waals surface area contributed by atoms with Crippen molar-refractivity contribution in [1.29, 1.82) is 0 Å². The molecule has 0 bridgehead atoms. The number of nitrogens with one attached hydrogen (secondary N) is 1. The molecule has 0 aromatic heterocycles. The van der Waals surface area contributed by atoms with Crippen LogP contribution < -0.4 is 19.5 Å². The van der Waals surface area contributed by atoms with Crippen molar-refractivity contribution in [3.8, 4) is 17.2 Å².